The van der Waals surface area contributed by atoms with Crippen molar-refractivity contribution < 1.29 is 9.21 Å². The number of fused-ring (bicyclic) bond motifs is 1. The number of benzene rings is 1. The number of aryl methyl sites for hydroxylation is 1. The molecule has 1 amide bonds. The Morgan fingerprint density at radius 1 is 1.12 bits per heavy atom. The lowest BCUT2D eigenvalue weighted by molar-refractivity contribution is 0.0923. The van der Waals surface area contributed by atoms with Crippen LogP contribution in [0.3, 0.4) is 0 Å². The number of rotatable bonds is 3. The maximum Gasteiger partial charge on any atom is 0.251 e. The number of pyridine rings is 1. The van der Waals surface area contributed by atoms with E-state index in [0.717, 1.165) is 46.7 Å². The molecule has 2 heterocycles. The Kier molecular flexibility index (Phi) is 4.49. The summed E-state index contributed by atoms with van der Waals surface area (Å²) >= 11 is 0. The molecule has 26 heavy (non-hydrogen) atoms. The molecule has 4 nitrogen and oxygen atoms in total. The van der Waals surface area contributed by atoms with Crippen molar-refractivity contribution >= 4 is 16.9 Å². The number of carbonyl (C=O) groups excluding carboxylic acids is 1. The Bertz CT molecular complexity index is 919. The third kappa shape index (κ3) is 3.36. The van der Waals surface area contributed by atoms with Crippen LogP contribution in [0.2, 0.25) is 0 Å². The predicted octanol–water partition coefficient (Wildman–Crippen LogP) is 5.11. The second-order valence-electron chi connectivity index (χ2n) is 7.45. The van der Waals surface area contributed by atoms with Gasteiger partial charge in [-0.15, -0.1) is 0 Å². The first kappa shape index (κ1) is 16.8. The van der Waals surface area contributed by atoms with Gasteiger partial charge in [-0.2, -0.15) is 0 Å². The molecule has 0 aliphatic heterocycles. The van der Waals surface area contributed by atoms with Gasteiger partial charge >= 0.3 is 0 Å². The van der Waals surface area contributed by atoms with E-state index < -0.39 is 0 Å². The average Bonchev–Trinajstić information content (AvgIpc) is 3.11. The van der Waals surface area contributed by atoms with E-state index >= 15 is 0 Å². The van der Waals surface area contributed by atoms with E-state index in [0.29, 0.717) is 11.6 Å². The molecule has 134 valence electrons. The van der Waals surface area contributed by atoms with Crippen molar-refractivity contribution in [2.24, 2.45) is 5.92 Å². The molecule has 1 aliphatic carbocycles. The van der Waals surface area contributed by atoms with Crippen LogP contribution in [0.4, 0.5) is 0 Å². The number of amides is 1. The van der Waals surface area contributed by atoms with Crippen LogP contribution in [0.1, 0.15) is 48.7 Å². The molecule has 3 aromatic rings. The van der Waals surface area contributed by atoms with Crippen LogP contribution in [0.5, 0.6) is 0 Å². The molecule has 0 unspecified atom stereocenters. The molecule has 1 aliphatic rings. The normalized spacial score (nSPS) is 20.2. The molecule has 0 spiro atoms. The molecule has 1 aromatic carbocycles. The second-order valence-corrected chi connectivity index (χ2v) is 7.45. The molecule has 0 saturated heterocycles. The Morgan fingerprint density at radius 3 is 2.58 bits per heavy atom. The van der Waals surface area contributed by atoms with Gasteiger partial charge in [0, 0.05) is 34.3 Å². The van der Waals surface area contributed by atoms with Crippen LogP contribution in [0, 0.1) is 12.8 Å². The van der Waals surface area contributed by atoms with E-state index in [-0.39, 0.29) is 5.91 Å². The zero-order valence-electron chi connectivity index (χ0n) is 15.3. The van der Waals surface area contributed by atoms with Gasteiger partial charge in [0.15, 0.2) is 0 Å². The number of hydrogen-bond acceptors (Lipinski definition) is 3. The molecule has 0 atom stereocenters. The first-order valence-electron chi connectivity index (χ1n) is 9.36. The van der Waals surface area contributed by atoms with Gasteiger partial charge in [-0.25, -0.2) is 0 Å². The Labute approximate surface area is 153 Å². The van der Waals surface area contributed by atoms with Crippen molar-refractivity contribution in [2.75, 3.05) is 0 Å². The highest BCUT2D eigenvalue weighted by atomic mass is 16.3. The standard InChI is InChI=1S/C22H24N2O2/c1-14-3-9-18(10-4-14)24-22(25)17-7-5-16(6-8-17)21-19-11-12-26-20(19)13-15(2)23-21/h5-8,11-14,18H,3-4,9-10H2,1-2H3,(H,24,25)/t14-,18+. The summed E-state index contributed by atoms with van der Waals surface area (Å²) in [6, 6.07) is 11.9. The Hall–Kier alpha value is -2.62. The third-order valence-corrected chi connectivity index (χ3v) is 5.35. The van der Waals surface area contributed by atoms with Crippen LogP contribution in [-0.4, -0.2) is 16.9 Å². The fraction of sp³-hybridized carbons (Fsp3) is 0.364. The second kappa shape index (κ2) is 6.94. The monoisotopic (exact) mass is 348 g/mol. The van der Waals surface area contributed by atoms with E-state index in [4.69, 9.17) is 4.42 Å². The van der Waals surface area contributed by atoms with Gasteiger partial charge in [-0.1, -0.05) is 19.1 Å². The minimum atomic E-state index is 0.0155. The number of aromatic nitrogens is 1. The van der Waals surface area contributed by atoms with E-state index in [1.807, 2.05) is 43.3 Å². The SMILES string of the molecule is Cc1cc2occc2c(-c2ccc(C(=O)N[C@H]3CC[C@@H](C)CC3)cc2)n1. The molecule has 1 saturated carbocycles. The van der Waals surface area contributed by atoms with Crippen molar-refractivity contribution in [3.63, 3.8) is 0 Å². The number of hydrogen-bond donors (Lipinski definition) is 1. The third-order valence-electron chi connectivity index (χ3n) is 5.35. The molecule has 4 heteroatoms. The zero-order valence-corrected chi connectivity index (χ0v) is 15.3. The summed E-state index contributed by atoms with van der Waals surface area (Å²) in [7, 11) is 0. The Balaban J connectivity index is 1.53. The van der Waals surface area contributed by atoms with Gasteiger partial charge in [-0.3, -0.25) is 9.78 Å². The molecular weight excluding hydrogens is 324 g/mol. The van der Waals surface area contributed by atoms with Crippen molar-refractivity contribution in [3.05, 3.63) is 53.9 Å². The van der Waals surface area contributed by atoms with Crippen molar-refractivity contribution in [1.82, 2.24) is 10.3 Å². The molecule has 2 aromatic heterocycles. The maximum absolute atomic E-state index is 12.5. The van der Waals surface area contributed by atoms with Gasteiger partial charge in [0.05, 0.1) is 12.0 Å². The quantitative estimate of drug-likeness (QED) is 0.715. The van der Waals surface area contributed by atoms with Gasteiger partial charge in [0.1, 0.15) is 5.58 Å². The zero-order chi connectivity index (χ0) is 18.1. The van der Waals surface area contributed by atoms with Crippen LogP contribution < -0.4 is 5.32 Å². The summed E-state index contributed by atoms with van der Waals surface area (Å²) in [6.07, 6.45) is 6.24. The fourth-order valence-electron chi connectivity index (χ4n) is 3.76. The first-order valence-corrected chi connectivity index (χ1v) is 9.36. The predicted molar refractivity (Wildman–Crippen MR) is 103 cm³/mol. The van der Waals surface area contributed by atoms with E-state index in [1.165, 1.54) is 12.8 Å². The highest BCUT2D eigenvalue weighted by Crippen LogP contribution is 2.29. The molecular formula is C22H24N2O2. The highest BCUT2D eigenvalue weighted by molar-refractivity contribution is 5.96. The lowest BCUT2D eigenvalue weighted by atomic mass is 9.87. The number of nitrogens with zero attached hydrogens (tertiary/aromatic N) is 1. The topological polar surface area (TPSA) is 55.1 Å². The first-order chi connectivity index (χ1) is 12.6. The molecule has 0 bridgehead atoms. The van der Waals surface area contributed by atoms with Crippen LogP contribution >= 0.6 is 0 Å². The van der Waals surface area contributed by atoms with Gasteiger partial charge in [-0.05, 0) is 56.7 Å². The fourth-order valence-corrected chi connectivity index (χ4v) is 3.76. The number of nitrogens with one attached hydrogen (secondary N) is 1. The van der Waals surface area contributed by atoms with Crippen LogP contribution in [0.25, 0.3) is 22.2 Å². The summed E-state index contributed by atoms with van der Waals surface area (Å²) in [5.74, 6) is 0.797. The average molecular weight is 348 g/mol. The minimum absolute atomic E-state index is 0.0155. The Morgan fingerprint density at radius 2 is 1.85 bits per heavy atom. The van der Waals surface area contributed by atoms with E-state index in [9.17, 15) is 4.79 Å². The largest absolute Gasteiger partial charge is 0.464 e. The maximum atomic E-state index is 12.5. The number of furan rings is 1. The van der Waals surface area contributed by atoms with Crippen molar-refractivity contribution in [2.45, 2.75) is 45.6 Å². The van der Waals surface area contributed by atoms with Gasteiger partial charge < -0.3 is 9.73 Å². The molecule has 0 radical (unpaired) electrons. The minimum Gasteiger partial charge on any atom is -0.464 e. The summed E-state index contributed by atoms with van der Waals surface area (Å²) in [4.78, 5) is 17.2. The van der Waals surface area contributed by atoms with Crippen LogP contribution in [-0.2, 0) is 0 Å². The smallest absolute Gasteiger partial charge is 0.251 e. The highest BCUT2D eigenvalue weighted by Gasteiger charge is 2.20. The van der Waals surface area contributed by atoms with Crippen molar-refractivity contribution in [3.8, 4) is 11.3 Å². The van der Waals surface area contributed by atoms with E-state index in [2.05, 4.69) is 17.2 Å². The summed E-state index contributed by atoms with van der Waals surface area (Å²) in [5, 5.41) is 4.17. The molecule has 1 fully saturated rings. The molecule has 4 rings (SSSR count). The van der Waals surface area contributed by atoms with Gasteiger partial charge in [0.2, 0.25) is 0 Å². The molecule has 1 N–H and O–H groups in total. The summed E-state index contributed by atoms with van der Waals surface area (Å²) in [5.41, 5.74) is 4.32. The number of carbonyl (C=O) groups is 1. The lowest BCUT2D eigenvalue weighted by Crippen LogP contribution is -2.37. The van der Waals surface area contributed by atoms with Crippen LogP contribution in [0.15, 0.2) is 47.1 Å². The van der Waals surface area contributed by atoms with E-state index in [1.54, 1.807) is 6.26 Å². The lowest BCUT2D eigenvalue weighted by Gasteiger charge is -2.26. The summed E-state index contributed by atoms with van der Waals surface area (Å²) in [6.45, 7) is 4.24. The summed E-state index contributed by atoms with van der Waals surface area (Å²) < 4.78 is 5.51. The van der Waals surface area contributed by atoms with Gasteiger partial charge in [0.25, 0.3) is 5.91 Å². The van der Waals surface area contributed by atoms with Crippen molar-refractivity contribution in [1.29, 1.82) is 0 Å².